The minimum Gasteiger partial charge on any atom is -0.338 e. The van der Waals surface area contributed by atoms with E-state index in [9.17, 15) is 0 Å². The van der Waals surface area contributed by atoms with Crippen LogP contribution in [0.15, 0.2) is 48.8 Å². The number of hydrogen-bond acceptors (Lipinski definition) is 4. The number of nitrogens with one attached hydrogen (secondary N) is 1. The molecule has 1 aliphatic heterocycles. The zero-order valence-electron chi connectivity index (χ0n) is 17.4. The standard InChI is InChI=1S/C25H25N5/c1-16-7-17(2)14-30(13-16)15-18-3-5-19(6-4-18)20-8-23-22-9-21(10-26)27-12-24(22)29-25(23)28-11-20/h3-6,8-9,11-12,16-17H,7,13-15H2,1-2H3,(H,28,29)/t16-,17-/m0/s1. The lowest BCUT2D eigenvalue weighted by Crippen LogP contribution is -2.38. The summed E-state index contributed by atoms with van der Waals surface area (Å²) in [6.07, 6.45) is 4.94. The molecule has 0 aliphatic carbocycles. The van der Waals surface area contributed by atoms with Crippen molar-refractivity contribution in [2.75, 3.05) is 13.1 Å². The van der Waals surface area contributed by atoms with E-state index in [4.69, 9.17) is 5.26 Å². The third-order valence-corrected chi connectivity index (χ3v) is 6.09. The van der Waals surface area contributed by atoms with E-state index in [2.05, 4.69) is 70.1 Å². The van der Waals surface area contributed by atoms with Crippen LogP contribution in [0.3, 0.4) is 0 Å². The molecule has 0 spiro atoms. The highest BCUT2D eigenvalue weighted by Crippen LogP contribution is 2.29. The molecule has 0 amide bonds. The Balaban J connectivity index is 1.42. The first-order valence-electron chi connectivity index (χ1n) is 10.6. The maximum atomic E-state index is 9.17. The molecule has 4 aromatic rings. The average Bonchev–Trinajstić information content (AvgIpc) is 3.10. The van der Waals surface area contributed by atoms with Gasteiger partial charge in [0.2, 0.25) is 0 Å². The maximum Gasteiger partial charge on any atom is 0.141 e. The second kappa shape index (κ2) is 7.55. The van der Waals surface area contributed by atoms with Gasteiger partial charge in [-0.15, -0.1) is 0 Å². The molecule has 1 fully saturated rings. The number of nitriles is 1. The summed E-state index contributed by atoms with van der Waals surface area (Å²) in [6, 6.07) is 14.9. The number of piperidine rings is 1. The predicted octanol–water partition coefficient (Wildman–Crippen LogP) is 5.13. The Labute approximate surface area is 176 Å². The second-order valence-electron chi connectivity index (χ2n) is 8.81. The molecule has 5 rings (SSSR count). The van der Waals surface area contributed by atoms with Crippen molar-refractivity contribution in [2.45, 2.75) is 26.8 Å². The summed E-state index contributed by atoms with van der Waals surface area (Å²) < 4.78 is 0. The van der Waals surface area contributed by atoms with Gasteiger partial charge in [-0.05, 0) is 41.5 Å². The third kappa shape index (κ3) is 3.55. The first-order chi connectivity index (χ1) is 14.6. The molecule has 1 aliphatic rings. The highest BCUT2D eigenvalue weighted by molar-refractivity contribution is 6.06. The largest absolute Gasteiger partial charge is 0.338 e. The van der Waals surface area contributed by atoms with Crippen LogP contribution in [0.2, 0.25) is 0 Å². The van der Waals surface area contributed by atoms with Gasteiger partial charge in [-0.2, -0.15) is 5.26 Å². The molecular weight excluding hydrogens is 370 g/mol. The van der Waals surface area contributed by atoms with E-state index in [1.807, 2.05) is 12.3 Å². The molecule has 5 nitrogen and oxygen atoms in total. The fourth-order valence-corrected chi connectivity index (χ4v) is 4.88. The molecule has 0 bridgehead atoms. The zero-order chi connectivity index (χ0) is 20.7. The molecule has 1 saturated heterocycles. The number of rotatable bonds is 3. The molecule has 1 aromatic carbocycles. The van der Waals surface area contributed by atoms with Crippen molar-refractivity contribution < 1.29 is 0 Å². The summed E-state index contributed by atoms with van der Waals surface area (Å²) in [6.45, 7) is 8.10. The molecule has 150 valence electrons. The van der Waals surface area contributed by atoms with Crippen LogP contribution >= 0.6 is 0 Å². The predicted molar refractivity (Wildman–Crippen MR) is 120 cm³/mol. The van der Waals surface area contributed by atoms with Crippen LogP contribution in [0.5, 0.6) is 0 Å². The minimum atomic E-state index is 0.416. The summed E-state index contributed by atoms with van der Waals surface area (Å²) in [5, 5.41) is 11.2. The third-order valence-electron chi connectivity index (χ3n) is 6.09. The van der Waals surface area contributed by atoms with Gasteiger partial charge in [0.1, 0.15) is 17.4 Å². The zero-order valence-corrected chi connectivity index (χ0v) is 17.4. The summed E-state index contributed by atoms with van der Waals surface area (Å²) in [7, 11) is 0. The van der Waals surface area contributed by atoms with Crippen LogP contribution in [0.1, 0.15) is 31.5 Å². The van der Waals surface area contributed by atoms with Gasteiger partial charge in [-0.3, -0.25) is 4.90 Å². The van der Waals surface area contributed by atoms with Crippen molar-refractivity contribution in [3.8, 4) is 17.2 Å². The van der Waals surface area contributed by atoms with Crippen molar-refractivity contribution in [3.63, 3.8) is 0 Å². The summed E-state index contributed by atoms with van der Waals surface area (Å²) >= 11 is 0. The number of likely N-dealkylation sites (tertiary alicyclic amines) is 1. The Hall–Kier alpha value is -3.23. The number of hydrogen-bond donors (Lipinski definition) is 1. The van der Waals surface area contributed by atoms with E-state index in [0.29, 0.717) is 5.69 Å². The normalized spacial score (nSPS) is 19.9. The molecule has 0 saturated carbocycles. The number of pyridine rings is 2. The monoisotopic (exact) mass is 395 g/mol. The molecule has 0 unspecified atom stereocenters. The van der Waals surface area contributed by atoms with Gasteiger partial charge in [0.15, 0.2) is 0 Å². The van der Waals surface area contributed by atoms with Crippen LogP contribution in [0.25, 0.3) is 33.1 Å². The van der Waals surface area contributed by atoms with E-state index in [1.54, 1.807) is 6.20 Å². The lowest BCUT2D eigenvalue weighted by atomic mass is 9.91. The minimum absolute atomic E-state index is 0.416. The van der Waals surface area contributed by atoms with Crippen molar-refractivity contribution in [1.29, 1.82) is 5.26 Å². The molecule has 5 heteroatoms. The topological polar surface area (TPSA) is 68.6 Å². The number of nitrogens with zero attached hydrogens (tertiary/aromatic N) is 4. The number of aromatic amines is 1. The van der Waals surface area contributed by atoms with Crippen molar-refractivity contribution in [1.82, 2.24) is 19.9 Å². The molecule has 30 heavy (non-hydrogen) atoms. The first kappa shape index (κ1) is 18.8. The van der Waals surface area contributed by atoms with Gasteiger partial charge in [0, 0.05) is 42.2 Å². The fourth-order valence-electron chi connectivity index (χ4n) is 4.88. The molecule has 2 atom stereocenters. The van der Waals surface area contributed by atoms with Crippen LogP contribution < -0.4 is 0 Å². The van der Waals surface area contributed by atoms with Gasteiger partial charge >= 0.3 is 0 Å². The Bertz CT molecular complexity index is 1240. The van der Waals surface area contributed by atoms with E-state index < -0.39 is 0 Å². The lowest BCUT2D eigenvalue weighted by Gasteiger charge is -2.35. The summed E-state index contributed by atoms with van der Waals surface area (Å²) in [4.78, 5) is 14.6. The van der Waals surface area contributed by atoms with E-state index in [0.717, 1.165) is 51.4 Å². The van der Waals surface area contributed by atoms with Gasteiger partial charge < -0.3 is 4.98 Å². The van der Waals surface area contributed by atoms with Gasteiger partial charge in [-0.1, -0.05) is 38.1 Å². The second-order valence-corrected chi connectivity index (χ2v) is 8.81. The molecular formula is C25H25N5. The Kier molecular flexibility index (Phi) is 4.72. The molecule has 1 N–H and O–H groups in total. The van der Waals surface area contributed by atoms with Crippen LogP contribution in [-0.4, -0.2) is 32.9 Å². The Morgan fingerprint density at radius 1 is 1.00 bits per heavy atom. The number of benzene rings is 1. The quantitative estimate of drug-likeness (QED) is 0.522. The van der Waals surface area contributed by atoms with Gasteiger partial charge in [-0.25, -0.2) is 9.97 Å². The number of H-pyrrole nitrogens is 1. The van der Waals surface area contributed by atoms with Crippen LogP contribution in [0, 0.1) is 23.2 Å². The van der Waals surface area contributed by atoms with E-state index in [1.165, 1.54) is 25.1 Å². The van der Waals surface area contributed by atoms with E-state index in [-0.39, 0.29) is 0 Å². The van der Waals surface area contributed by atoms with Crippen LogP contribution in [-0.2, 0) is 6.54 Å². The number of fused-ring (bicyclic) bond motifs is 3. The highest BCUT2D eigenvalue weighted by Gasteiger charge is 2.21. The lowest BCUT2D eigenvalue weighted by molar-refractivity contribution is 0.134. The average molecular weight is 396 g/mol. The fraction of sp³-hybridized carbons (Fsp3) is 0.320. The van der Waals surface area contributed by atoms with Crippen molar-refractivity contribution >= 4 is 21.9 Å². The molecule has 0 radical (unpaired) electrons. The Morgan fingerprint density at radius 3 is 2.50 bits per heavy atom. The summed E-state index contributed by atoms with van der Waals surface area (Å²) in [5.74, 6) is 1.55. The molecule has 4 heterocycles. The highest BCUT2D eigenvalue weighted by atomic mass is 15.1. The van der Waals surface area contributed by atoms with Gasteiger partial charge in [0.05, 0.1) is 11.7 Å². The summed E-state index contributed by atoms with van der Waals surface area (Å²) in [5.41, 5.74) is 5.71. The molecule has 3 aromatic heterocycles. The van der Waals surface area contributed by atoms with Crippen molar-refractivity contribution in [2.24, 2.45) is 11.8 Å². The Morgan fingerprint density at radius 2 is 1.77 bits per heavy atom. The number of aromatic nitrogens is 3. The van der Waals surface area contributed by atoms with Crippen molar-refractivity contribution in [3.05, 3.63) is 60.0 Å². The SMILES string of the molecule is C[C@H]1C[C@H](C)CN(Cc2ccc(-c3cnc4[nH]c5cnc(C#N)cc5c4c3)cc2)C1. The smallest absolute Gasteiger partial charge is 0.141 e. The van der Waals surface area contributed by atoms with E-state index >= 15 is 0 Å². The first-order valence-corrected chi connectivity index (χ1v) is 10.6. The maximum absolute atomic E-state index is 9.17. The van der Waals surface area contributed by atoms with Gasteiger partial charge in [0.25, 0.3) is 0 Å². The van der Waals surface area contributed by atoms with Crippen LogP contribution in [0.4, 0.5) is 0 Å².